The first-order valence-electron chi connectivity index (χ1n) is 8.67. The van der Waals surface area contributed by atoms with Crippen molar-refractivity contribution < 1.29 is 4.79 Å². The number of aromatic nitrogens is 1. The minimum Gasteiger partial charge on any atom is -0.375 e. The van der Waals surface area contributed by atoms with E-state index in [0.29, 0.717) is 6.42 Å². The molecule has 1 aliphatic heterocycles. The average molecular weight is 369 g/mol. The zero-order valence-corrected chi connectivity index (χ0v) is 16.5. The number of hydrogen-bond acceptors (Lipinski definition) is 5. The van der Waals surface area contributed by atoms with Crippen molar-refractivity contribution in [2.45, 2.75) is 12.8 Å². The fourth-order valence-electron chi connectivity index (χ4n) is 2.80. The lowest BCUT2D eigenvalue weighted by atomic mass is 10.2. The van der Waals surface area contributed by atoms with Gasteiger partial charge in [-0.15, -0.1) is 11.3 Å². The molecule has 1 aliphatic carbocycles. The van der Waals surface area contributed by atoms with Gasteiger partial charge < -0.3 is 9.80 Å². The summed E-state index contributed by atoms with van der Waals surface area (Å²) in [5, 5.41) is 0.966. The molecule has 0 fully saturated rings. The smallest absolute Gasteiger partial charge is 0.222 e. The second-order valence-corrected chi connectivity index (χ2v) is 7.64. The highest BCUT2D eigenvalue weighted by atomic mass is 32.1. The molecular formula is C20H24N4OS. The van der Waals surface area contributed by atoms with Gasteiger partial charge in [-0.05, 0) is 42.8 Å². The molecule has 1 aromatic rings. The maximum absolute atomic E-state index is 11.7. The Morgan fingerprint density at radius 1 is 1.15 bits per heavy atom. The predicted octanol–water partition coefficient (Wildman–Crippen LogP) is 3.24. The number of amides is 1. The molecule has 0 unspecified atom stereocenters. The van der Waals surface area contributed by atoms with Gasteiger partial charge in [-0.3, -0.25) is 9.79 Å². The lowest BCUT2D eigenvalue weighted by Crippen LogP contribution is -2.24. The van der Waals surface area contributed by atoms with Crippen molar-refractivity contribution in [2.24, 2.45) is 4.99 Å². The van der Waals surface area contributed by atoms with Gasteiger partial charge in [0, 0.05) is 46.8 Å². The Balaban J connectivity index is 1.82. The van der Waals surface area contributed by atoms with Gasteiger partial charge in [-0.1, -0.05) is 0 Å². The Morgan fingerprint density at radius 2 is 1.96 bits per heavy atom. The molecule has 5 nitrogen and oxygen atoms in total. The molecule has 0 spiro atoms. The SMILES string of the molecule is CN=c1ccc2nc3ccc(N(C)CCCC(=O)N(C)C)cc3sc-2c1. The summed E-state index contributed by atoms with van der Waals surface area (Å²) in [6.07, 6.45) is 1.41. The number of benzene rings is 2. The first-order chi connectivity index (χ1) is 12.5. The highest BCUT2D eigenvalue weighted by Crippen LogP contribution is 2.31. The maximum Gasteiger partial charge on any atom is 0.222 e. The third-order valence-electron chi connectivity index (χ3n) is 4.43. The Hall–Kier alpha value is -2.47. The van der Waals surface area contributed by atoms with Crippen molar-refractivity contribution in [3.05, 3.63) is 41.8 Å². The molecule has 0 saturated carbocycles. The molecule has 6 heteroatoms. The van der Waals surface area contributed by atoms with Crippen LogP contribution in [-0.4, -0.2) is 50.5 Å². The van der Waals surface area contributed by atoms with Gasteiger partial charge in [0.05, 0.1) is 26.1 Å². The van der Waals surface area contributed by atoms with Gasteiger partial charge >= 0.3 is 0 Å². The standard InChI is InChI=1S/C20H24N4OS/c1-21-14-7-9-16-18(12-14)26-19-13-15(8-10-17(19)22-16)24(4)11-5-6-20(25)23(2)3/h7-10,12-13H,5-6,11H2,1-4H3. The van der Waals surface area contributed by atoms with Gasteiger partial charge in [-0.25, -0.2) is 4.98 Å². The van der Waals surface area contributed by atoms with Crippen LogP contribution in [0, 0.1) is 0 Å². The monoisotopic (exact) mass is 368 g/mol. The predicted molar refractivity (Wildman–Crippen MR) is 109 cm³/mol. The van der Waals surface area contributed by atoms with E-state index in [0.717, 1.165) is 44.8 Å². The zero-order chi connectivity index (χ0) is 18.7. The van der Waals surface area contributed by atoms with Crippen molar-refractivity contribution in [1.29, 1.82) is 0 Å². The van der Waals surface area contributed by atoms with Crippen molar-refractivity contribution >= 4 is 33.1 Å². The lowest BCUT2D eigenvalue weighted by molar-refractivity contribution is -0.128. The van der Waals surface area contributed by atoms with Crippen molar-refractivity contribution in [2.75, 3.05) is 39.6 Å². The molecular weight excluding hydrogens is 344 g/mol. The van der Waals surface area contributed by atoms with E-state index >= 15 is 0 Å². The van der Waals surface area contributed by atoms with E-state index in [-0.39, 0.29) is 5.91 Å². The molecule has 0 radical (unpaired) electrons. The van der Waals surface area contributed by atoms with Crippen molar-refractivity contribution in [1.82, 2.24) is 9.88 Å². The summed E-state index contributed by atoms with van der Waals surface area (Å²) in [6, 6.07) is 12.4. The molecule has 26 heavy (non-hydrogen) atoms. The first-order valence-corrected chi connectivity index (χ1v) is 9.48. The van der Waals surface area contributed by atoms with Crippen LogP contribution < -0.4 is 10.3 Å². The lowest BCUT2D eigenvalue weighted by Gasteiger charge is -2.20. The summed E-state index contributed by atoms with van der Waals surface area (Å²) >= 11 is 1.74. The summed E-state index contributed by atoms with van der Waals surface area (Å²) in [4.78, 5) is 25.7. The summed E-state index contributed by atoms with van der Waals surface area (Å²) in [7, 11) is 7.46. The van der Waals surface area contributed by atoms with Crippen molar-refractivity contribution in [3.63, 3.8) is 0 Å². The number of rotatable bonds is 5. The van der Waals surface area contributed by atoms with Gasteiger partial charge in [-0.2, -0.15) is 0 Å². The fourth-order valence-corrected chi connectivity index (χ4v) is 3.83. The third kappa shape index (κ3) is 4.02. The van der Waals surface area contributed by atoms with E-state index < -0.39 is 0 Å². The molecule has 2 aliphatic rings. The van der Waals surface area contributed by atoms with Gasteiger partial charge in [0.15, 0.2) is 0 Å². The molecule has 136 valence electrons. The molecule has 0 aromatic heterocycles. The summed E-state index contributed by atoms with van der Waals surface area (Å²) in [6.45, 7) is 0.843. The Morgan fingerprint density at radius 3 is 2.69 bits per heavy atom. The molecule has 1 amide bonds. The minimum absolute atomic E-state index is 0.173. The van der Waals surface area contributed by atoms with Crippen LogP contribution in [0.3, 0.4) is 0 Å². The van der Waals surface area contributed by atoms with Crippen LogP contribution >= 0.6 is 11.3 Å². The average Bonchev–Trinajstić information content (AvgIpc) is 2.65. The van der Waals surface area contributed by atoms with E-state index in [2.05, 4.69) is 41.2 Å². The van der Waals surface area contributed by atoms with Crippen LogP contribution in [0.5, 0.6) is 0 Å². The third-order valence-corrected chi connectivity index (χ3v) is 5.52. The highest BCUT2D eigenvalue weighted by Gasteiger charge is 2.10. The highest BCUT2D eigenvalue weighted by molar-refractivity contribution is 7.21. The van der Waals surface area contributed by atoms with E-state index in [9.17, 15) is 4.79 Å². The van der Waals surface area contributed by atoms with Gasteiger partial charge in [0.2, 0.25) is 5.91 Å². The van der Waals surface area contributed by atoms with Crippen LogP contribution in [0.1, 0.15) is 12.8 Å². The molecule has 0 bridgehead atoms. The summed E-state index contributed by atoms with van der Waals surface area (Å²) in [5.41, 5.74) is 3.14. The first kappa shape index (κ1) is 18.3. The Labute approximate surface area is 158 Å². The summed E-state index contributed by atoms with van der Waals surface area (Å²) in [5.74, 6) is 0.173. The topological polar surface area (TPSA) is 48.8 Å². The molecule has 1 aromatic carbocycles. The van der Waals surface area contributed by atoms with E-state index in [1.807, 2.05) is 12.1 Å². The zero-order valence-electron chi connectivity index (χ0n) is 15.7. The second kappa shape index (κ2) is 7.83. The molecule has 0 atom stereocenters. The molecule has 3 rings (SSSR count). The Kier molecular flexibility index (Phi) is 5.52. The van der Waals surface area contributed by atoms with Crippen LogP contribution in [-0.2, 0) is 4.79 Å². The van der Waals surface area contributed by atoms with Gasteiger partial charge in [0.25, 0.3) is 0 Å². The second-order valence-electron chi connectivity index (χ2n) is 6.55. The summed E-state index contributed by atoms with van der Waals surface area (Å²) < 4.78 is 1.15. The van der Waals surface area contributed by atoms with E-state index in [1.54, 1.807) is 37.4 Å². The van der Waals surface area contributed by atoms with Crippen LogP contribution in [0.25, 0.3) is 20.8 Å². The minimum atomic E-state index is 0.173. The maximum atomic E-state index is 11.7. The van der Waals surface area contributed by atoms with Gasteiger partial charge in [0.1, 0.15) is 0 Å². The normalized spacial score (nSPS) is 11.9. The van der Waals surface area contributed by atoms with Crippen LogP contribution in [0.2, 0.25) is 0 Å². The fraction of sp³-hybridized carbons (Fsp3) is 0.350. The number of carbonyl (C=O) groups is 1. The molecule has 0 saturated heterocycles. The van der Waals surface area contributed by atoms with Crippen LogP contribution in [0.4, 0.5) is 5.69 Å². The number of hydrogen-bond donors (Lipinski definition) is 0. The molecule has 0 N–H and O–H groups in total. The number of fused-ring (bicyclic) bond motifs is 2. The quantitative estimate of drug-likeness (QED) is 0.650. The largest absolute Gasteiger partial charge is 0.375 e. The van der Waals surface area contributed by atoms with Crippen LogP contribution in [0.15, 0.2) is 41.4 Å². The van der Waals surface area contributed by atoms with E-state index in [4.69, 9.17) is 4.98 Å². The number of anilines is 1. The molecule has 1 heterocycles. The van der Waals surface area contributed by atoms with Crippen molar-refractivity contribution in [3.8, 4) is 10.6 Å². The Bertz CT molecular complexity index is 964. The number of nitrogens with zero attached hydrogens (tertiary/aromatic N) is 4. The number of carbonyl (C=O) groups excluding carboxylic acids is 1. The van der Waals surface area contributed by atoms with E-state index in [1.165, 1.54) is 0 Å².